The van der Waals surface area contributed by atoms with Crippen LogP contribution in [0, 0.1) is 0 Å². The van der Waals surface area contributed by atoms with E-state index in [1.807, 2.05) is 0 Å². The molecule has 0 aliphatic heterocycles. The first-order chi connectivity index (χ1) is 28.7. The number of fused-ring (bicyclic) bond motifs is 3. The van der Waals surface area contributed by atoms with E-state index in [0.29, 0.717) is 0 Å². The second kappa shape index (κ2) is 15.5. The highest BCUT2D eigenvalue weighted by Gasteiger charge is 2.16. The molecule has 0 unspecified atom stereocenters. The summed E-state index contributed by atoms with van der Waals surface area (Å²) in [6.45, 7) is 0. The van der Waals surface area contributed by atoms with Gasteiger partial charge in [0.2, 0.25) is 0 Å². The number of hydrogen-bond donors (Lipinski definition) is 0. The Balaban J connectivity index is 0.951. The van der Waals surface area contributed by atoms with E-state index in [1.54, 1.807) is 0 Å². The van der Waals surface area contributed by atoms with Gasteiger partial charge in [-0.25, -0.2) is 0 Å². The molecule has 0 radical (unpaired) electrons. The van der Waals surface area contributed by atoms with Crippen molar-refractivity contribution in [1.82, 2.24) is 0 Å². The summed E-state index contributed by atoms with van der Waals surface area (Å²) in [4.78, 5) is 4.65. The van der Waals surface area contributed by atoms with Crippen molar-refractivity contribution < 1.29 is 0 Å². The van der Waals surface area contributed by atoms with Gasteiger partial charge < -0.3 is 9.80 Å². The van der Waals surface area contributed by atoms with Crippen molar-refractivity contribution in [2.75, 3.05) is 9.80 Å². The predicted octanol–water partition coefficient (Wildman–Crippen LogP) is 15.9. The van der Waals surface area contributed by atoms with E-state index in [4.69, 9.17) is 0 Å². The zero-order valence-electron chi connectivity index (χ0n) is 32.0. The summed E-state index contributed by atoms with van der Waals surface area (Å²) in [7, 11) is 0. The van der Waals surface area contributed by atoms with Crippen LogP contribution >= 0.6 is 0 Å². The van der Waals surface area contributed by atoms with Crippen LogP contribution in [0.5, 0.6) is 0 Å². The van der Waals surface area contributed by atoms with Gasteiger partial charge in [-0.05, 0) is 134 Å². The van der Waals surface area contributed by atoms with Crippen LogP contribution in [0.4, 0.5) is 34.1 Å². The van der Waals surface area contributed by atoms with Gasteiger partial charge in [0.1, 0.15) is 0 Å². The molecule has 0 N–H and O–H groups in total. The molecule has 0 aliphatic carbocycles. The fourth-order valence-corrected chi connectivity index (χ4v) is 8.10. The molecule has 0 saturated carbocycles. The van der Waals surface area contributed by atoms with Gasteiger partial charge >= 0.3 is 0 Å². The second-order valence-corrected chi connectivity index (χ2v) is 14.6. The number of nitrogens with zero attached hydrogens (tertiary/aromatic N) is 2. The number of anilines is 6. The Morgan fingerprint density at radius 2 is 0.483 bits per heavy atom. The van der Waals surface area contributed by atoms with Crippen LogP contribution in [0.25, 0.3) is 54.9 Å². The maximum absolute atomic E-state index is 2.34. The van der Waals surface area contributed by atoms with E-state index in [-0.39, 0.29) is 0 Å². The molecule has 0 aliphatic rings. The molecular weight excluding hydrogens is 701 g/mol. The zero-order valence-corrected chi connectivity index (χ0v) is 32.0. The molecule has 0 fully saturated rings. The average molecular weight is 741 g/mol. The van der Waals surface area contributed by atoms with Crippen LogP contribution in [0.2, 0.25) is 0 Å². The lowest BCUT2D eigenvalue weighted by Crippen LogP contribution is -2.09. The van der Waals surface area contributed by atoms with Gasteiger partial charge in [0.25, 0.3) is 0 Å². The predicted molar refractivity (Wildman–Crippen MR) is 247 cm³/mol. The summed E-state index contributed by atoms with van der Waals surface area (Å²) in [5, 5.41) is 4.92. The Morgan fingerprint density at radius 1 is 0.190 bits per heavy atom. The molecule has 0 heterocycles. The van der Waals surface area contributed by atoms with Crippen LogP contribution in [0.1, 0.15) is 0 Å². The molecule has 10 rings (SSSR count). The summed E-state index contributed by atoms with van der Waals surface area (Å²) in [5.74, 6) is 0. The summed E-state index contributed by atoms with van der Waals surface area (Å²) >= 11 is 0. The topological polar surface area (TPSA) is 6.48 Å². The third-order valence-corrected chi connectivity index (χ3v) is 11.0. The van der Waals surface area contributed by atoms with Crippen molar-refractivity contribution >= 4 is 55.7 Å². The lowest BCUT2D eigenvalue weighted by atomic mass is 9.96. The summed E-state index contributed by atoms with van der Waals surface area (Å²) in [6, 6.07) is 87.1. The first kappa shape index (κ1) is 34.8. The first-order valence-electron chi connectivity index (χ1n) is 19.8. The average Bonchev–Trinajstić information content (AvgIpc) is 3.31. The number of rotatable bonds is 9. The quantitative estimate of drug-likeness (QED) is 0.136. The molecule has 0 aromatic heterocycles. The molecule has 0 spiro atoms. The van der Waals surface area contributed by atoms with E-state index >= 15 is 0 Å². The molecule has 10 aromatic rings. The minimum Gasteiger partial charge on any atom is -0.311 e. The third-order valence-electron chi connectivity index (χ3n) is 11.0. The second-order valence-electron chi connectivity index (χ2n) is 14.6. The Morgan fingerprint density at radius 3 is 0.931 bits per heavy atom. The standard InChI is InChI=1S/C56H40N2/c1-5-13-41(14-6-1)43-23-30-51(31-24-43)57(49-17-9-3-10-18-49)52-34-27-45(28-35-52)46-29-37-55-47(39-46)21-22-48-40-54(36-38-56(48)55)58(50-19-11-4-12-20-50)53-32-25-44(26-33-53)42-15-7-2-8-16-42/h1-40H. The first-order valence-corrected chi connectivity index (χ1v) is 19.8. The van der Waals surface area contributed by atoms with Crippen molar-refractivity contribution in [3.63, 3.8) is 0 Å². The molecular formula is C56H40N2. The number of benzene rings is 10. The molecule has 58 heavy (non-hydrogen) atoms. The molecule has 10 aromatic carbocycles. The summed E-state index contributed by atoms with van der Waals surface area (Å²) in [5.41, 5.74) is 13.9. The summed E-state index contributed by atoms with van der Waals surface area (Å²) in [6.07, 6.45) is 0. The molecule has 0 amide bonds. The van der Waals surface area contributed by atoms with Gasteiger partial charge in [0, 0.05) is 34.1 Å². The molecule has 2 heteroatoms. The third kappa shape index (κ3) is 6.89. The normalized spacial score (nSPS) is 11.1. The highest BCUT2D eigenvalue weighted by molar-refractivity contribution is 6.09. The van der Waals surface area contributed by atoms with Crippen LogP contribution in [0.3, 0.4) is 0 Å². The van der Waals surface area contributed by atoms with E-state index in [9.17, 15) is 0 Å². The van der Waals surface area contributed by atoms with Gasteiger partial charge in [-0.2, -0.15) is 0 Å². The van der Waals surface area contributed by atoms with Crippen molar-refractivity contribution in [1.29, 1.82) is 0 Å². The Hall–Kier alpha value is -7.68. The van der Waals surface area contributed by atoms with Gasteiger partial charge in [-0.1, -0.05) is 164 Å². The van der Waals surface area contributed by atoms with Gasteiger partial charge in [-0.3, -0.25) is 0 Å². The number of hydrogen-bond acceptors (Lipinski definition) is 2. The smallest absolute Gasteiger partial charge is 0.0468 e. The SMILES string of the molecule is c1ccc(-c2ccc(N(c3ccccc3)c3ccc(-c4ccc5c(ccc6cc(N(c7ccccc7)c7ccc(-c8ccccc8)cc7)ccc65)c4)cc3)cc2)cc1. The van der Waals surface area contributed by atoms with Crippen molar-refractivity contribution in [3.05, 3.63) is 243 Å². The molecule has 0 saturated heterocycles. The van der Waals surface area contributed by atoms with E-state index < -0.39 is 0 Å². The fraction of sp³-hybridized carbons (Fsp3) is 0. The van der Waals surface area contributed by atoms with E-state index in [2.05, 4.69) is 252 Å². The summed E-state index contributed by atoms with van der Waals surface area (Å²) < 4.78 is 0. The fourth-order valence-electron chi connectivity index (χ4n) is 8.10. The lowest BCUT2D eigenvalue weighted by Gasteiger charge is -2.26. The lowest BCUT2D eigenvalue weighted by molar-refractivity contribution is 1.28. The maximum Gasteiger partial charge on any atom is 0.0468 e. The molecule has 2 nitrogen and oxygen atoms in total. The highest BCUT2D eigenvalue weighted by Crippen LogP contribution is 2.40. The van der Waals surface area contributed by atoms with Crippen LogP contribution < -0.4 is 9.80 Å². The van der Waals surface area contributed by atoms with Crippen molar-refractivity contribution in [3.8, 4) is 33.4 Å². The van der Waals surface area contributed by atoms with Crippen LogP contribution in [0.15, 0.2) is 243 Å². The van der Waals surface area contributed by atoms with E-state index in [1.165, 1.54) is 54.9 Å². The van der Waals surface area contributed by atoms with Crippen molar-refractivity contribution in [2.24, 2.45) is 0 Å². The van der Waals surface area contributed by atoms with Gasteiger partial charge in [0.05, 0.1) is 0 Å². The minimum absolute atomic E-state index is 1.11. The monoisotopic (exact) mass is 740 g/mol. The minimum atomic E-state index is 1.11. The number of para-hydroxylation sites is 2. The maximum atomic E-state index is 2.34. The van der Waals surface area contributed by atoms with Crippen LogP contribution in [-0.2, 0) is 0 Å². The van der Waals surface area contributed by atoms with Crippen LogP contribution in [-0.4, -0.2) is 0 Å². The zero-order chi connectivity index (χ0) is 38.7. The van der Waals surface area contributed by atoms with Gasteiger partial charge in [0.15, 0.2) is 0 Å². The van der Waals surface area contributed by atoms with Gasteiger partial charge in [-0.15, -0.1) is 0 Å². The molecule has 0 bridgehead atoms. The molecule has 274 valence electrons. The Labute approximate surface area is 340 Å². The highest BCUT2D eigenvalue weighted by atomic mass is 15.1. The molecule has 0 atom stereocenters. The van der Waals surface area contributed by atoms with E-state index in [0.717, 1.165) is 34.1 Å². The Bertz CT molecular complexity index is 2940. The Kier molecular flexibility index (Phi) is 9.27. The largest absolute Gasteiger partial charge is 0.311 e. The van der Waals surface area contributed by atoms with Crippen molar-refractivity contribution in [2.45, 2.75) is 0 Å².